The highest BCUT2D eigenvalue weighted by Gasteiger charge is 2.37. The number of nitrogens with one attached hydrogen (secondary N) is 3. The van der Waals surface area contributed by atoms with Crippen LogP contribution in [-0.2, 0) is 4.79 Å². The number of fused-ring (bicyclic) bond motifs is 1. The van der Waals surface area contributed by atoms with Gasteiger partial charge < -0.3 is 10.6 Å². The molecule has 9 heteroatoms. The summed E-state index contributed by atoms with van der Waals surface area (Å²) in [6.07, 6.45) is 1.43. The van der Waals surface area contributed by atoms with Crippen molar-refractivity contribution in [3.63, 3.8) is 0 Å². The fraction of sp³-hybridized carbons (Fsp3) is 0.333. The van der Waals surface area contributed by atoms with Crippen molar-refractivity contribution < 1.29 is 14.8 Å². The Hall–Kier alpha value is -3.20. The molecule has 1 aromatic carbocycles. The van der Waals surface area contributed by atoms with Crippen LogP contribution >= 0.6 is 0 Å². The lowest BCUT2D eigenvalue weighted by molar-refractivity contribution is -0.123. The van der Waals surface area contributed by atoms with E-state index in [1.807, 2.05) is 20.8 Å². The molecule has 9 nitrogen and oxygen atoms in total. The number of aryl methyl sites for hydroxylation is 1. The van der Waals surface area contributed by atoms with Crippen LogP contribution in [0.2, 0.25) is 0 Å². The summed E-state index contributed by atoms with van der Waals surface area (Å²) >= 11 is 0. The lowest BCUT2D eigenvalue weighted by Gasteiger charge is -2.22. The Morgan fingerprint density at radius 2 is 2.11 bits per heavy atom. The van der Waals surface area contributed by atoms with E-state index in [0.29, 0.717) is 30.2 Å². The molecule has 2 aliphatic heterocycles. The predicted molar refractivity (Wildman–Crippen MR) is 102 cm³/mol. The van der Waals surface area contributed by atoms with E-state index in [4.69, 9.17) is 5.21 Å². The van der Waals surface area contributed by atoms with Crippen LogP contribution in [0.5, 0.6) is 0 Å². The number of rotatable bonds is 4. The Morgan fingerprint density at radius 3 is 2.81 bits per heavy atom. The first kappa shape index (κ1) is 18.6. The fourth-order valence-electron chi connectivity index (χ4n) is 3.15. The van der Waals surface area contributed by atoms with Crippen molar-refractivity contribution in [1.29, 1.82) is 0 Å². The molecule has 0 bridgehead atoms. The largest absolute Gasteiger partial charge is 0.356 e. The molecule has 2 heterocycles. The molecule has 4 N–H and O–H groups in total. The second-order valence-corrected chi connectivity index (χ2v) is 6.37. The predicted octanol–water partition coefficient (Wildman–Crippen LogP) is 1.22. The van der Waals surface area contributed by atoms with Crippen LogP contribution in [0.25, 0.3) is 0 Å². The van der Waals surface area contributed by atoms with Gasteiger partial charge in [-0.05, 0) is 44.0 Å². The van der Waals surface area contributed by atoms with E-state index in [0.717, 1.165) is 16.8 Å². The average molecular weight is 370 g/mol. The van der Waals surface area contributed by atoms with Gasteiger partial charge in [0.1, 0.15) is 12.0 Å². The maximum atomic E-state index is 12.3. The van der Waals surface area contributed by atoms with Gasteiger partial charge in [-0.15, -0.1) is 0 Å². The number of amidine groups is 1. The quantitative estimate of drug-likeness (QED) is 0.469. The zero-order valence-corrected chi connectivity index (χ0v) is 15.4. The Morgan fingerprint density at radius 1 is 1.33 bits per heavy atom. The van der Waals surface area contributed by atoms with Crippen LogP contribution in [0, 0.1) is 12.8 Å². The summed E-state index contributed by atoms with van der Waals surface area (Å²) in [7, 11) is 0. The van der Waals surface area contributed by atoms with Gasteiger partial charge in [0.25, 0.3) is 5.91 Å². The molecule has 3 rings (SSSR count). The van der Waals surface area contributed by atoms with E-state index in [2.05, 4.69) is 20.7 Å². The minimum Gasteiger partial charge on any atom is -0.356 e. The van der Waals surface area contributed by atoms with Crippen LogP contribution in [0.1, 0.15) is 29.8 Å². The lowest BCUT2D eigenvalue weighted by atomic mass is 10.0. The molecular formula is C18H22N6O3. The summed E-state index contributed by atoms with van der Waals surface area (Å²) in [4.78, 5) is 28.3. The SMILES string of the molecule is CCNC(=O)C1CN2N=CN=C(Nc3cc(C(=O)NO)ccc3C)C2=C1C. The smallest absolute Gasteiger partial charge is 0.274 e. The van der Waals surface area contributed by atoms with Crippen LogP contribution in [0.4, 0.5) is 5.69 Å². The molecule has 2 aliphatic rings. The Labute approximate surface area is 156 Å². The third-order valence-corrected chi connectivity index (χ3v) is 4.63. The molecule has 0 fully saturated rings. The summed E-state index contributed by atoms with van der Waals surface area (Å²) in [6, 6.07) is 5.02. The molecule has 0 radical (unpaired) electrons. The minimum absolute atomic E-state index is 0.0377. The molecule has 2 amide bonds. The summed E-state index contributed by atoms with van der Waals surface area (Å²) in [5.74, 6) is -0.377. The number of anilines is 1. The van der Waals surface area contributed by atoms with E-state index in [1.54, 1.807) is 28.7 Å². The van der Waals surface area contributed by atoms with Gasteiger partial charge in [-0.2, -0.15) is 5.10 Å². The van der Waals surface area contributed by atoms with Gasteiger partial charge in [0.15, 0.2) is 5.84 Å². The van der Waals surface area contributed by atoms with Gasteiger partial charge in [-0.3, -0.25) is 19.8 Å². The number of hydrogen-bond donors (Lipinski definition) is 4. The van der Waals surface area contributed by atoms with E-state index >= 15 is 0 Å². The van der Waals surface area contributed by atoms with Crippen LogP contribution in [0.3, 0.4) is 0 Å². The molecule has 0 saturated heterocycles. The highest BCUT2D eigenvalue weighted by atomic mass is 16.5. The summed E-state index contributed by atoms with van der Waals surface area (Å²) in [5.41, 5.74) is 5.14. The van der Waals surface area contributed by atoms with Gasteiger partial charge in [0.2, 0.25) is 5.91 Å². The Balaban J connectivity index is 1.91. The number of aliphatic imine (C=N–C) groups is 1. The molecule has 1 aromatic rings. The number of nitrogens with zero attached hydrogens (tertiary/aromatic N) is 3. The molecule has 0 spiro atoms. The Bertz CT molecular complexity index is 874. The standard InChI is InChI=1S/C18H22N6O3/c1-4-19-18(26)13-8-24-15(11(13)3)16(20-9-21-24)22-14-7-12(17(25)23-27)6-5-10(14)2/h5-7,9,13,27H,4,8H2,1-3H3,(H,19,26)(H,23,25)(H,20,21,22). The van der Waals surface area contributed by atoms with Gasteiger partial charge >= 0.3 is 0 Å². The van der Waals surface area contributed by atoms with E-state index < -0.39 is 5.91 Å². The topological polar surface area (TPSA) is 118 Å². The number of amides is 2. The van der Waals surface area contributed by atoms with Gasteiger partial charge in [0.05, 0.1) is 12.5 Å². The van der Waals surface area contributed by atoms with Crippen molar-refractivity contribution in [3.05, 3.63) is 40.6 Å². The number of carbonyl (C=O) groups excluding carboxylic acids is 2. The van der Waals surface area contributed by atoms with Gasteiger partial charge in [0, 0.05) is 17.8 Å². The molecule has 0 aliphatic carbocycles. The first-order chi connectivity index (χ1) is 13.0. The second-order valence-electron chi connectivity index (χ2n) is 6.37. The molecule has 27 heavy (non-hydrogen) atoms. The molecule has 0 saturated carbocycles. The third kappa shape index (κ3) is 3.54. The molecule has 1 unspecified atom stereocenters. The maximum Gasteiger partial charge on any atom is 0.274 e. The summed E-state index contributed by atoms with van der Waals surface area (Å²) in [5, 5.41) is 20.9. The number of benzene rings is 1. The highest BCUT2D eigenvalue weighted by molar-refractivity contribution is 6.13. The monoisotopic (exact) mass is 370 g/mol. The van der Waals surface area contributed by atoms with Crippen LogP contribution < -0.4 is 16.1 Å². The minimum atomic E-state index is -0.598. The number of hydroxylamine groups is 1. The van der Waals surface area contributed by atoms with Crippen molar-refractivity contribution in [2.45, 2.75) is 20.8 Å². The summed E-state index contributed by atoms with van der Waals surface area (Å²) in [6.45, 7) is 6.70. The molecule has 0 aromatic heterocycles. The van der Waals surface area contributed by atoms with Crippen molar-refractivity contribution >= 4 is 29.7 Å². The fourth-order valence-corrected chi connectivity index (χ4v) is 3.15. The average Bonchev–Trinajstić information content (AvgIpc) is 3.01. The van der Waals surface area contributed by atoms with E-state index in [-0.39, 0.29) is 11.8 Å². The summed E-state index contributed by atoms with van der Waals surface area (Å²) < 4.78 is 0. The maximum absolute atomic E-state index is 12.3. The van der Waals surface area contributed by atoms with Crippen molar-refractivity contribution in [2.24, 2.45) is 16.0 Å². The molecular weight excluding hydrogens is 348 g/mol. The Kier molecular flexibility index (Phi) is 5.22. The normalized spacial score (nSPS) is 18.1. The first-order valence-electron chi connectivity index (χ1n) is 8.65. The second kappa shape index (κ2) is 7.58. The lowest BCUT2D eigenvalue weighted by Crippen LogP contribution is -2.33. The van der Waals surface area contributed by atoms with Crippen LogP contribution in [-0.4, -0.2) is 47.3 Å². The number of carbonyl (C=O) groups is 2. The third-order valence-electron chi connectivity index (χ3n) is 4.63. The first-order valence-corrected chi connectivity index (χ1v) is 8.65. The van der Waals surface area contributed by atoms with Gasteiger partial charge in [-0.25, -0.2) is 10.5 Å². The number of hydrazone groups is 1. The number of hydrogen-bond acceptors (Lipinski definition) is 7. The molecule has 1 atom stereocenters. The van der Waals surface area contributed by atoms with Crippen molar-refractivity contribution in [3.8, 4) is 0 Å². The van der Waals surface area contributed by atoms with Crippen LogP contribution in [0.15, 0.2) is 39.6 Å². The van der Waals surface area contributed by atoms with Gasteiger partial charge in [-0.1, -0.05) is 6.07 Å². The zero-order chi connectivity index (χ0) is 19.6. The van der Waals surface area contributed by atoms with Crippen molar-refractivity contribution in [1.82, 2.24) is 15.8 Å². The highest BCUT2D eigenvalue weighted by Crippen LogP contribution is 2.31. The molecule has 142 valence electrons. The van der Waals surface area contributed by atoms with E-state index in [9.17, 15) is 9.59 Å². The van der Waals surface area contributed by atoms with E-state index in [1.165, 1.54) is 6.34 Å². The zero-order valence-electron chi connectivity index (χ0n) is 15.4. The van der Waals surface area contributed by atoms with Crippen molar-refractivity contribution in [2.75, 3.05) is 18.4 Å².